The molecule has 2 atom stereocenters. The standard InChI is InChI=1S/C13H21NO4/c1-5-10(8-16-3)14-9(2)11-6-7-12(18-11)13(15)17-4/h6-7,9-10,14H,5,8H2,1-4H3. The van der Waals surface area contributed by atoms with Crippen LogP contribution in [-0.4, -0.2) is 32.8 Å². The van der Waals surface area contributed by atoms with E-state index >= 15 is 0 Å². The highest BCUT2D eigenvalue weighted by molar-refractivity contribution is 5.86. The number of methoxy groups -OCH3 is 2. The van der Waals surface area contributed by atoms with Crippen LogP contribution in [0, 0.1) is 0 Å². The zero-order chi connectivity index (χ0) is 13.5. The van der Waals surface area contributed by atoms with Gasteiger partial charge in [0.25, 0.3) is 0 Å². The molecule has 0 aliphatic carbocycles. The van der Waals surface area contributed by atoms with E-state index in [9.17, 15) is 4.79 Å². The van der Waals surface area contributed by atoms with Crippen LogP contribution in [-0.2, 0) is 9.47 Å². The zero-order valence-corrected chi connectivity index (χ0v) is 11.4. The maximum atomic E-state index is 11.3. The van der Waals surface area contributed by atoms with Crippen molar-refractivity contribution in [3.63, 3.8) is 0 Å². The molecule has 2 unspecified atom stereocenters. The fraction of sp³-hybridized carbons (Fsp3) is 0.615. The van der Waals surface area contributed by atoms with Gasteiger partial charge in [-0.15, -0.1) is 0 Å². The van der Waals surface area contributed by atoms with Gasteiger partial charge in [-0.1, -0.05) is 6.92 Å². The van der Waals surface area contributed by atoms with Gasteiger partial charge in [-0.25, -0.2) is 4.79 Å². The fourth-order valence-corrected chi connectivity index (χ4v) is 1.72. The lowest BCUT2D eigenvalue weighted by atomic mass is 10.2. The minimum atomic E-state index is -0.461. The molecule has 0 aliphatic rings. The van der Waals surface area contributed by atoms with Gasteiger partial charge in [-0.2, -0.15) is 0 Å². The first-order valence-corrected chi connectivity index (χ1v) is 6.05. The van der Waals surface area contributed by atoms with Crippen molar-refractivity contribution in [1.82, 2.24) is 5.32 Å². The Balaban J connectivity index is 2.63. The predicted octanol–water partition coefficient (Wildman–Crippen LogP) is 2.14. The highest BCUT2D eigenvalue weighted by Gasteiger charge is 2.17. The van der Waals surface area contributed by atoms with E-state index in [-0.39, 0.29) is 17.8 Å². The van der Waals surface area contributed by atoms with Crippen LogP contribution in [0.25, 0.3) is 0 Å². The number of furan rings is 1. The molecule has 0 saturated heterocycles. The van der Waals surface area contributed by atoms with E-state index in [0.717, 1.165) is 6.42 Å². The number of nitrogens with one attached hydrogen (secondary N) is 1. The molecular formula is C13H21NO4. The normalized spacial score (nSPS) is 14.2. The van der Waals surface area contributed by atoms with E-state index in [1.54, 1.807) is 19.2 Å². The van der Waals surface area contributed by atoms with Crippen molar-refractivity contribution in [3.05, 3.63) is 23.7 Å². The summed E-state index contributed by atoms with van der Waals surface area (Å²) < 4.78 is 15.2. The first kappa shape index (κ1) is 14.7. The van der Waals surface area contributed by atoms with Crippen molar-refractivity contribution >= 4 is 5.97 Å². The second-order valence-corrected chi connectivity index (χ2v) is 4.14. The fourth-order valence-electron chi connectivity index (χ4n) is 1.72. The van der Waals surface area contributed by atoms with Crippen molar-refractivity contribution in [3.8, 4) is 0 Å². The molecular weight excluding hydrogens is 234 g/mol. The number of carbonyl (C=O) groups is 1. The summed E-state index contributed by atoms with van der Waals surface area (Å²) in [4.78, 5) is 11.3. The van der Waals surface area contributed by atoms with E-state index in [1.165, 1.54) is 7.11 Å². The Morgan fingerprint density at radius 2 is 2.17 bits per heavy atom. The Morgan fingerprint density at radius 3 is 2.72 bits per heavy atom. The monoisotopic (exact) mass is 255 g/mol. The smallest absolute Gasteiger partial charge is 0.373 e. The van der Waals surface area contributed by atoms with Gasteiger partial charge in [0.15, 0.2) is 0 Å². The number of hydrogen-bond donors (Lipinski definition) is 1. The summed E-state index contributed by atoms with van der Waals surface area (Å²) in [7, 11) is 3.01. The van der Waals surface area contributed by atoms with E-state index < -0.39 is 5.97 Å². The summed E-state index contributed by atoms with van der Waals surface area (Å²) in [5.41, 5.74) is 0. The maximum Gasteiger partial charge on any atom is 0.373 e. The maximum absolute atomic E-state index is 11.3. The number of rotatable bonds is 7. The summed E-state index contributed by atoms with van der Waals surface area (Å²) in [6.07, 6.45) is 0.961. The number of hydrogen-bond acceptors (Lipinski definition) is 5. The second-order valence-electron chi connectivity index (χ2n) is 4.14. The largest absolute Gasteiger partial charge is 0.463 e. The minimum absolute atomic E-state index is 0.0171. The van der Waals surface area contributed by atoms with Crippen LogP contribution in [0.2, 0.25) is 0 Å². The Kier molecular flexibility index (Phi) is 5.88. The minimum Gasteiger partial charge on any atom is -0.463 e. The topological polar surface area (TPSA) is 60.7 Å². The SMILES string of the molecule is CCC(COC)NC(C)c1ccc(C(=O)OC)o1. The molecule has 1 N–H and O–H groups in total. The van der Waals surface area contributed by atoms with Crippen LogP contribution in [0.4, 0.5) is 0 Å². The van der Waals surface area contributed by atoms with Crippen LogP contribution >= 0.6 is 0 Å². The Hall–Kier alpha value is -1.33. The average Bonchev–Trinajstić information content (AvgIpc) is 2.86. The quantitative estimate of drug-likeness (QED) is 0.756. The number of carbonyl (C=O) groups excluding carboxylic acids is 1. The lowest BCUT2D eigenvalue weighted by Crippen LogP contribution is -2.34. The lowest BCUT2D eigenvalue weighted by Gasteiger charge is -2.20. The van der Waals surface area contributed by atoms with Crippen molar-refractivity contribution < 1.29 is 18.7 Å². The highest BCUT2D eigenvalue weighted by Crippen LogP contribution is 2.17. The molecule has 102 valence electrons. The zero-order valence-electron chi connectivity index (χ0n) is 11.4. The molecule has 0 aromatic carbocycles. The van der Waals surface area contributed by atoms with Gasteiger partial charge in [0, 0.05) is 13.2 Å². The first-order chi connectivity index (χ1) is 8.62. The van der Waals surface area contributed by atoms with Gasteiger partial charge in [0.05, 0.1) is 19.8 Å². The summed E-state index contributed by atoms with van der Waals surface area (Å²) in [6.45, 7) is 4.72. The summed E-state index contributed by atoms with van der Waals surface area (Å²) in [5, 5.41) is 3.38. The first-order valence-electron chi connectivity index (χ1n) is 6.05. The van der Waals surface area contributed by atoms with Crippen LogP contribution in [0.1, 0.15) is 42.6 Å². The van der Waals surface area contributed by atoms with Crippen LogP contribution < -0.4 is 5.32 Å². The lowest BCUT2D eigenvalue weighted by molar-refractivity contribution is 0.0561. The molecule has 0 aliphatic heterocycles. The summed E-state index contributed by atoms with van der Waals surface area (Å²) in [6, 6.07) is 3.68. The van der Waals surface area contributed by atoms with E-state index in [2.05, 4.69) is 17.0 Å². The highest BCUT2D eigenvalue weighted by atomic mass is 16.5. The molecule has 0 spiro atoms. The molecule has 1 aromatic rings. The van der Waals surface area contributed by atoms with Crippen LogP contribution in [0.15, 0.2) is 16.5 Å². The molecule has 1 heterocycles. The van der Waals surface area contributed by atoms with Gasteiger partial charge >= 0.3 is 5.97 Å². The molecule has 0 radical (unpaired) electrons. The average molecular weight is 255 g/mol. The Morgan fingerprint density at radius 1 is 1.44 bits per heavy atom. The molecule has 0 fully saturated rings. The van der Waals surface area contributed by atoms with Gasteiger partial charge < -0.3 is 19.2 Å². The molecule has 5 nitrogen and oxygen atoms in total. The molecule has 18 heavy (non-hydrogen) atoms. The molecule has 1 rings (SSSR count). The van der Waals surface area contributed by atoms with Crippen molar-refractivity contribution in [2.75, 3.05) is 20.8 Å². The summed E-state index contributed by atoms with van der Waals surface area (Å²) in [5.74, 6) is 0.475. The number of ether oxygens (including phenoxy) is 2. The predicted molar refractivity (Wildman–Crippen MR) is 67.6 cm³/mol. The third kappa shape index (κ3) is 3.85. The van der Waals surface area contributed by atoms with E-state index in [1.807, 2.05) is 6.92 Å². The molecule has 0 bridgehead atoms. The van der Waals surface area contributed by atoms with Crippen molar-refractivity contribution in [1.29, 1.82) is 0 Å². The van der Waals surface area contributed by atoms with Crippen LogP contribution in [0.3, 0.4) is 0 Å². The Bertz CT molecular complexity index is 375. The van der Waals surface area contributed by atoms with Crippen molar-refractivity contribution in [2.24, 2.45) is 0 Å². The Labute approximate surface area is 107 Å². The van der Waals surface area contributed by atoms with Gasteiger partial charge in [-0.05, 0) is 25.5 Å². The second kappa shape index (κ2) is 7.18. The molecule has 0 saturated carbocycles. The van der Waals surface area contributed by atoms with Crippen LogP contribution in [0.5, 0.6) is 0 Å². The molecule has 0 amide bonds. The summed E-state index contributed by atoms with van der Waals surface area (Å²) >= 11 is 0. The van der Waals surface area contributed by atoms with E-state index in [4.69, 9.17) is 9.15 Å². The number of esters is 1. The third-order valence-corrected chi connectivity index (χ3v) is 2.79. The van der Waals surface area contributed by atoms with Gasteiger partial charge in [0.1, 0.15) is 5.76 Å². The van der Waals surface area contributed by atoms with E-state index in [0.29, 0.717) is 12.4 Å². The van der Waals surface area contributed by atoms with Gasteiger partial charge in [0.2, 0.25) is 5.76 Å². The van der Waals surface area contributed by atoms with Gasteiger partial charge in [-0.3, -0.25) is 0 Å². The third-order valence-electron chi connectivity index (χ3n) is 2.79. The van der Waals surface area contributed by atoms with Crippen molar-refractivity contribution in [2.45, 2.75) is 32.4 Å². The molecule has 1 aromatic heterocycles. The molecule has 5 heteroatoms.